The molecular formula is C22H25N5O2. The number of carbonyl (C=O) groups is 1. The maximum atomic E-state index is 12.4. The topological polar surface area (TPSA) is 84.2 Å². The minimum absolute atomic E-state index is 0.0173. The molecule has 1 N–H and O–H groups in total. The van der Waals surface area contributed by atoms with E-state index in [0.717, 1.165) is 42.7 Å². The predicted octanol–water partition coefficient (Wildman–Crippen LogP) is 3.57. The molecule has 3 aromatic rings. The van der Waals surface area contributed by atoms with Crippen LogP contribution in [0.1, 0.15) is 35.8 Å². The molecule has 1 aliphatic heterocycles. The van der Waals surface area contributed by atoms with E-state index in [1.54, 1.807) is 6.20 Å². The van der Waals surface area contributed by atoms with Crippen LogP contribution in [0, 0.1) is 13.8 Å². The Bertz CT molecular complexity index is 958. The van der Waals surface area contributed by atoms with Crippen molar-refractivity contribution in [2.45, 2.75) is 32.6 Å². The Labute approximate surface area is 170 Å². The van der Waals surface area contributed by atoms with E-state index < -0.39 is 0 Å². The number of amides is 1. The summed E-state index contributed by atoms with van der Waals surface area (Å²) in [5, 5.41) is 7.07. The van der Waals surface area contributed by atoms with Crippen molar-refractivity contribution in [3.8, 4) is 11.5 Å². The Morgan fingerprint density at radius 3 is 2.62 bits per heavy atom. The van der Waals surface area contributed by atoms with Gasteiger partial charge in [-0.05, 0) is 75.2 Å². The molecule has 1 aromatic carbocycles. The lowest BCUT2D eigenvalue weighted by Crippen LogP contribution is -2.38. The predicted molar refractivity (Wildman–Crippen MR) is 110 cm³/mol. The second kappa shape index (κ2) is 8.53. The SMILES string of the molecule is Cc1cc(C)cc(NC(=O)CN2CCC(c3nc(-c4ccccn4)no3)CC2)c1. The molecule has 0 spiro atoms. The van der Waals surface area contributed by atoms with E-state index in [1.165, 1.54) is 0 Å². The third-order valence-corrected chi connectivity index (χ3v) is 5.15. The van der Waals surface area contributed by atoms with Crippen LogP contribution in [-0.4, -0.2) is 45.6 Å². The number of pyridine rings is 1. The largest absolute Gasteiger partial charge is 0.339 e. The second-order valence-corrected chi connectivity index (χ2v) is 7.65. The van der Waals surface area contributed by atoms with Crippen LogP contribution in [0.2, 0.25) is 0 Å². The van der Waals surface area contributed by atoms with Gasteiger partial charge in [0.15, 0.2) is 0 Å². The number of rotatable bonds is 5. The minimum atomic E-state index is 0.0173. The second-order valence-electron chi connectivity index (χ2n) is 7.65. The summed E-state index contributed by atoms with van der Waals surface area (Å²) < 4.78 is 5.48. The summed E-state index contributed by atoms with van der Waals surface area (Å²) in [6.07, 6.45) is 3.49. The first-order valence-electron chi connectivity index (χ1n) is 9.92. The zero-order chi connectivity index (χ0) is 20.2. The normalized spacial score (nSPS) is 15.4. The van der Waals surface area contributed by atoms with Crippen molar-refractivity contribution in [1.29, 1.82) is 0 Å². The summed E-state index contributed by atoms with van der Waals surface area (Å²) in [6.45, 7) is 6.11. The lowest BCUT2D eigenvalue weighted by atomic mass is 9.97. The number of likely N-dealkylation sites (tertiary alicyclic amines) is 1. The van der Waals surface area contributed by atoms with Gasteiger partial charge in [0, 0.05) is 17.8 Å². The zero-order valence-electron chi connectivity index (χ0n) is 16.8. The highest BCUT2D eigenvalue weighted by Gasteiger charge is 2.26. The van der Waals surface area contributed by atoms with E-state index in [-0.39, 0.29) is 11.8 Å². The first-order valence-corrected chi connectivity index (χ1v) is 9.92. The lowest BCUT2D eigenvalue weighted by molar-refractivity contribution is -0.117. The smallest absolute Gasteiger partial charge is 0.238 e. The Morgan fingerprint density at radius 1 is 1.17 bits per heavy atom. The van der Waals surface area contributed by atoms with Crippen molar-refractivity contribution < 1.29 is 9.32 Å². The number of benzene rings is 1. The van der Waals surface area contributed by atoms with Crippen molar-refractivity contribution >= 4 is 11.6 Å². The highest BCUT2D eigenvalue weighted by atomic mass is 16.5. The van der Waals surface area contributed by atoms with E-state index in [2.05, 4.69) is 31.4 Å². The number of hydrogen-bond donors (Lipinski definition) is 1. The van der Waals surface area contributed by atoms with Crippen LogP contribution in [0.5, 0.6) is 0 Å². The van der Waals surface area contributed by atoms with Crippen molar-refractivity contribution in [1.82, 2.24) is 20.0 Å². The summed E-state index contributed by atoms with van der Waals surface area (Å²) in [5.41, 5.74) is 3.86. The van der Waals surface area contributed by atoms with Gasteiger partial charge in [0.05, 0.1) is 6.54 Å². The maximum absolute atomic E-state index is 12.4. The van der Waals surface area contributed by atoms with Gasteiger partial charge < -0.3 is 9.84 Å². The highest BCUT2D eigenvalue weighted by Crippen LogP contribution is 2.28. The molecule has 0 aliphatic carbocycles. The van der Waals surface area contributed by atoms with Gasteiger partial charge in [-0.15, -0.1) is 0 Å². The quantitative estimate of drug-likeness (QED) is 0.716. The van der Waals surface area contributed by atoms with Gasteiger partial charge >= 0.3 is 0 Å². The van der Waals surface area contributed by atoms with Crippen LogP contribution in [-0.2, 0) is 4.79 Å². The van der Waals surface area contributed by atoms with E-state index >= 15 is 0 Å². The Kier molecular flexibility index (Phi) is 5.67. The average molecular weight is 391 g/mol. The molecule has 1 fully saturated rings. The van der Waals surface area contributed by atoms with Gasteiger partial charge in [-0.25, -0.2) is 0 Å². The van der Waals surface area contributed by atoms with Crippen LogP contribution in [0.3, 0.4) is 0 Å². The monoisotopic (exact) mass is 391 g/mol. The van der Waals surface area contributed by atoms with Gasteiger partial charge in [0.25, 0.3) is 0 Å². The molecule has 0 unspecified atom stereocenters. The Hall–Kier alpha value is -3.06. The van der Waals surface area contributed by atoms with Gasteiger partial charge in [0.1, 0.15) is 5.69 Å². The van der Waals surface area contributed by atoms with Crippen molar-refractivity contribution in [3.63, 3.8) is 0 Å². The molecule has 0 saturated carbocycles. The van der Waals surface area contributed by atoms with Crippen LogP contribution in [0.4, 0.5) is 5.69 Å². The number of aromatic nitrogens is 3. The minimum Gasteiger partial charge on any atom is -0.339 e. The fourth-order valence-electron chi connectivity index (χ4n) is 3.79. The summed E-state index contributed by atoms with van der Waals surface area (Å²) in [4.78, 5) is 23.4. The summed E-state index contributed by atoms with van der Waals surface area (Å²) in [5.74, 6) is 1.42. The van der Waals surface area contributed by atoms with E-state index in [0.29, 0.717) is 24.0 Å². The zero-order valence-corrected chi connectivity index (χ0v) is 16.8. The molecule has 1 saturated heterocycles. The number of piperidine rings is 1. The molecule has 150 valence electrons. The van der Waals surface area contributed by atoms with Crippen LogP contribution < -0.4 is 5.32 Å². The number of anilines is 1. The van der Waals surface area contributed by atoms with E-state index in [1.807, 2.05) is 44.2 Å². The van der Waals surface area contributed by atoms with Crippen LogP contribution >= 0.6 is 0 Å². The highest BCUT2D eigenvalue weighted by molar-refractivity contribution is 5.92. The molecule has 1 amide bonds. The van der Waals surface area contributed by atoms with Gasteiger partial charge in [-0.2, -0.15) is 4.98 Å². The molecule has 4 rings (SSSR count). The maximum Gasteiger partial charge on any atom is 0.238 e. The van der Waals surface area contributed by atoms with Crippen molar-refractivity contribution in [3.05, 3.63) is 59.6 Å². The molecule has 29 heavy (non-hydrogen) atoms. The van der Waals surface area contributed by atoms with Gasteiger partial charge in [-0.3, -0.25) is 14.7 Å². The summed E-state index contributed by atoms with van der Waals surface area (Å²) in [7, 11) is 0. The van der Waals surface area contributed by atoms with E-state index in [4.69, 9.17) is 4.52 Å². The number of hydrogen-bond acceptors (Lipinski definition) is 6. The van der Waals surface area contributed by atoms with Gasteiger partial charge in [-0.1, -0.05) is 17.3 Å². The molecule has 7 nitrogen and oxygen atoms in total. The third kappa shape index (κ3) is 4.86. The average Bonchev–Trinajstić information content (AvgIpc) is 3.18. The molecule has 0 bridgehead atoms. The Morgan fingerprint density at radius 2 is 1.93 bits per heavy atom. The van der Waals surface area contributed by atoms with Crippen molar-refractivity contribution in [2.75, 3.05) is 25.0 Å². The molecule has 7 heteroatoms. The molecule has 3 heterocycles. The number of carbonyl (C=O) groups excluding carboxylic acids is 1. The number of aryl methyl sites for hydroxylation is 2. The summed E-state index contributed by atoms with van der Waals surface area (Å²) >= 11 is 0. The first kappa shape index (κ1) is 19.3. The van der Waals surface area contributed by atoms with Crippen LogP contribution in [0.25, 0.3) is 11.5 Å². The standard InChI is InChI=1S/C22H25N5O2/c1-15-11-16(2)13-18(12-15)24-20(28)14-27-9-6-17(7-10-27)22-25-21(26-29-22)19-5-3-4-8-23-19/h3-5,8,11-13,17H,6-7,9-10,14H2,1-2H3,(H,24,28). The van der Waals surface area contributed by atoms with Gasteiger partial charge in [0.2, 0.25) is 17.6 Å². The van der Waals surface area contributed by atoms with Crippen LogP contribution in [0.15, 0.2) is 47.1 Å². The fourth-order valence-corrected chi connectivity index (χ4v) is 3.79. The third-order valence-electron chi connectivity index (χ3n) is 5.15. The first-order chi connectivity index (χ1) is 14.1. The fraction of sp³-hybridized carbons (Fsp3) is 0.364. The molecule has 2 aromatic heterocycles. The van der Waals surface area contributed by atoms with E-state index in [9.17, 15) is 4.79 Å². The Balaban J connectivity index is 1.29. The summed E-state index contributed by atoms with van der Waals surface area (Å²) in [6, 6.07) is 11.7. The molecule has 1 aliphatic rings. The number of nitrogens with zero attached hydrogens (tertiary/aromatic N) is 4. The number of nitrogens with one attached hydrogen (secondary N) is 1. The molecular weight excluding hydrogens is 366 g/mol. The lowest BCUT2D eigenvalue weighted by Gasteiger charge is -2.29. The molecule has 0 atom stereocenters. The molecule has 0 radical (unpaired) electrons. The van der Waals surface area contributed by atoms with Crippen molar-refractivity contribution in [2.24, 2.45) is 0 Å².